The number of benzene rings is 3. The van der Waals surface area contributed by atoms with Crippen LogP contribution in [-0.2, 0) is 27.8 Å². The van der Waals surface area contributed by atoms with E-state index in [2.05, 4.69) is 15.4 Å². The van der Waals surface area contributed by atoms with Crippen molar-refractivity contribution >= 4 is 38.6 Å². The van der Waals surface area contributed by atoms with Crippen molar-refractivity contribution in [3.8, 4) is 5.75 Å². The fraction of sp³-hybridized carbons (Fsp3) is 0.343. The van der Waals surface area contributed by atoms with Crippen LogP contribution >= 0.6 is 0 Å². The van der Waals surface area contributed by atoms with Gasteiger partial charge in [-0.25, -0.2) is 13.1 Å². The van der Waals surface area contributed by atoms with Crippen molar-refractivity contribution in [2.45, 2.75) is 56.9 Å². The fourth-order valence-corrected chi connectivity index (χ4v) is 7.28. The van der Waals surface area contributed by atoms with Gasteiger partial charge in [-0.1, -0.05) is 43.2 Å². The second-order valence-electron chi connectivity index (χ2n) is 11.8. The number of ether oxygens (including phenoxy) is 1. The molecule has 1 aliphatic rings. The minimum Gasteiger partial charge on any atom is -0.496 e. The molecule has 0 spiro atoms. The van der Waals surface area contributed by atoms with E-state index in [-0.39, 0.29) is 22.3 Å². The van der Waals surface area contributed by atoms with Crippen molar-refractivity contribution in [3.05, 3.63) is 94.7 Å². The van der Waals surface area contributed by atoms with Crippen LogP contribution in [0.3, 0.4) is 0 Å². The second kappa shape index (κ2) is 14.2. The third kappa shape index (κ3) is 7.42. The monoisotopic (exact) mass is 644 g/mol. The highest BCUT2D eigenvalue weighted by molar-refractivity contribution is 7.90. The number of nitrogens with zero attached hydrogens (tertiary/aromatic N) is 1. The minimum atomic E-state index is -4.08. The van der Waals surface area contributed by atoms with Crippen LogP contribution in [0.4, 0.5) is 0 Å². The molecule has 0 unspecified atom stereocenters. The Hall–Kier alpha value is -4.64. The third-order valence-electron chi connectivity index (χ3n) is 8.65. The standard InChI is InChI=1S/C35H40N4O6S/c1-23-8-4-7-11-32(23)46(43,44)38-35(42)26-12-13-28(31(19-26)45-3)22-39-21-27(15-17-33(40)36-2)29-16-14-25(18-30(29)39)34(41)37-20-24-9-5-6-10-24/h4,7-8,11-14,16,18-19,21,24H,5-6,9-10,15,17,20,22H2,1-3H3,(H,36,40)(H,37,41)(H,38,42). The molecule has 3 N–H and O–H groups in total. The van der Waals surface area contributed by atoms with Gasteiger partial charge < -0.3 is 19.9 Å². The number of rotatable bonds is 12. The first kappa shape index (κ1) is 32.7. The average molecular weight is 645 g/mol. The minimum absolute atomic E-state index is 0.0326. The van der Waals surface area contributed by atoms with Crippen LogP contribution in [0.2, 0.25) is 0 Å². The summed E-state index contributed by atoms with van der Waals surface area (Å²) in [5.74, 6) is -0.0387. The number of sulfonamides is 1. The van der Waals surface area contributed by atoms with E-state index in [0.717, 1.165) is 34.9 Å². The van der Waals surface area contributed by atoms with Crippen molar-refractivity contribution in [1.29, 1.82) is 0 Å². The van der Waals surface area contributed by atoms with E-state index in [0.29, 0.717) is 48.7 Å². The molecule has 4 aromatic rings. The predicted molar refractivity (Wildman–Crippen MR) is 177 cm³/mol. The van der Waals surface area contributed by atoms with Gasteiger partial charge in [-0.3, -0.25) is 14.4 Å². The number of carbonyl (C=O) groups excluding carboxylic acids is 3. The highest BCUT2D eigenvalue weighted by Gasteiger charge is 2.22. The summed E-state index contributed by atoms with van der Waals surface area (Å²) in [6.07, 6.45) is 7.51. The Labute approximate surface area is 269 Å². The molecule has 242 valence electrons. The summed E-state index contributed by atoms with van der Waals surface area (Å²) in [5, 5.41) is 6.69. The Kier molecular flexibility index (Phi) is 10.1. The molecule has 1 heterocycles. The molecule has 1 saturated carbocycles. The summed E-state index contributed by atoms with van der Waals surface area (Å²) < 4.78 is 35.6. The van der Waals surface area contributed by atoms with Crippen LogP contribution in [0.1, 0.15) is 69.5 Å². The zero-order valence-electron chi connectivity index (χ0n) is 26.4. The first-order valence-corrected chi connectivity index (χ1v) is 17.0. The van der Waals surface area contributed by atoms with Crippen molar-refractivity contribution in [2.24, 2.45) is 5.92 Å². The molecule has 1 fully saturated rings. The average Bonchev–Trinajstić information content (AvgIpc) is 3.70. The maximum atomic E-state index is 13.1. The molecular weight excluding hydrogens is 604 g/mol. The second-order valence-corrected chi connectivity index (χ2v) is 13.4. The zero-order valence-corrected chi connectivity index (χ0v) is 27.2. The van der Waals surface area contributed by atoms with Crippen LogP contribution in [0.5, 0.6) is 5.75 Å². The van der Waals surface area contributed by atoms with E-state index in [4.69, 9.17) is 4.74 Å². The molecule has 1 aromatic heterocycles. The smallest absolute Gasteiger partial charge is 0.265 e. The largest absolute Gasteiger partial charge is 0.496 e. The number of fused-ring (bicyclic) bond motifs is 1. The normalized spacial score (nSPS) is 13.5. The molecule has 0 bridgehead atoms. The molecular formula is C35H40N4O6S. The Morgan fingerprint density at radius 2 is 1.65 bits per heavy atom. The van der Waals surface area contributed by atoms with Crippen molar-refractivity contribution in [3.63, 3.8) is 0 Å². The van der Waals surface area contributed by atoms with E-state index in [1.807, 2.05) is 29.0 Å². The number of aryl methyl sites for hydroxylation is 2. The maximum absolute atomic E-state index is 13.1. The molecule has 0 aliphatic heterocycles. The van der Waals surface area contributed by atoms with Gasteiger partial charge in [0.2, 0.25) is 5.91 Å². The van der Waals surface area contributed by atoms with Crippen LogP contribution in [0, 0.1) is 12.8 Å². The van der Waals surface area contributed by atoms with Gasteiger partial charge in [0.15, 0.2) is 0 Å². The van der Waals surface area contributed by atoms with Gasteiger partial charge in [0.1, 0.15) is 5.75 Å². The van der Waals surface area contributed by atoms with E-state index in [9.17, 15) is 22.8 Å². The van der Waals surface area contributed by atoms with Gasteiger partial charge in [-0.15, -0.1) is 0 Å². The Morgan fingerprint density at radius 1 is 0.935 bits per heavy atom. The predicted octanol–water partition coefficient (Wildman–Crippen LogP) is 4.72. The molecule has 3 amide bonds. The summed E-state index contributed by atoms with van der Waals surface area (Å²) >= 11 is 0. The molecule has 10 nitrogen and oxygen atoms in total. The first-order chi connectivity index (χ1) is 22.1. The molecule has 1 aliphatic carbocycles. The van der Waals surface area contributed by atoms with Gasteiger partial charge >= 0.3 is 0 Å². The SMILES string of the molecule is CNC(=O)CCc1cn(Cc2ccc(C(=O)NS(=O)(=O)c3ccccc3C)cc2OC)c2cc(C(=O)NCC3CCCC3)ccc12. The fourth-order valence-electron chi connectivity index (χ4n) is 6.06. The molecule has 3 aromatic carbocycles. The quantitative estimate of drug-likeness (QED) is 0.204. The molecule has 46 heavy (non-hydrogen) atoms. The van der Waals surface area contributed by atoms with E-state index in [1.54, 1.807) is 44.3 Å². The number of hydrogen-bond acceptors (Lipinski definition) is 6. The number of nitrogens with one attached hydrogen (secondary N) is 3. The van der Waals surface area contributed by atoms with E-state index < -0.39 is 15.9 Å². The number of hydrogen-bond donors (Lipinski definition) is 3. The lowest BCUT2D eigenvalue weighted by molar-refractivity contribution is -0.120. The van der Waals surface area contributed by atoms with Crippen molar-refractivity contribution in [1.82, 2.24) is 19.9 Å². The number of aromatic nitrogens is 1. The van der Waals surface area contributed by atoms with Gasteiger partial charge in [0.05, 0.1) is 18.6 Å². The lowest BCUT2D eigenvalue weighted by atomic mass is 10.1. The summed E-state index contributed by atoms with van der Waals surface area (Å²) in [6.45, 7) is 2.67. The van der Waals surface area contributed by atoms with Gasteiger partial charge in [0, 0.05) is 53.8 Å². The van der Waals surface area contributed by atoms with Crippen LogP contribution in [0.25, 0.3) is 10.9 Å². The topological polar surface area (TPSA) is 136 Å². The maximum Gasteiger partial charge on any atom is 0.265 e. The first-order valence-electron chi connectivity index (χ1n) is 15.5. The van der Waals surface area contributed by atoms with Crippen molar-refractivity contribution in [2.75, 3.05) is 20.7 Å². The molecule has 0 radical (unpaired) electrons. The molecule has 0 saturated heterocycles. The highest BCUT2D eigenvalue weighted by atomic mass is 32.2. The van der Waals surface area contributed by atoms with Gasteiger partial charge in [-0.05, 0) is 73.6 Å². The Morgan fingerprint density at radius 3 is 2.37 bits per heavy atom. The highest BCUT2D eigenvalue weighted by Crippen LogP contribution is 2.29. The van der Waals surface area contributed by atoms with Gasteiger partial charge in [-0.2, -0.15) is 0 Å². The number of carbonyl (C=O) groups is 3. The van der Waals surface area contributed by atoms with Crippen LogP contribution in [0.15, 0.2) is 71.8 Å². The number of methoxy groups -OCH3 is 1. The molecule has 11 heteroatoms. The Balaban J connectivity index is 1.41. The molecule has 0 atom stereocenters. The van der Waals surface area contributed by atoms with Gasteiger partial charge in [0.25, 0.3) is 21.8 Å². The number of amides is 3. The Bertz CT molecular complexity index is 1880. The summed E-state index contributed by atoms with van der Waals surface area (Å²) in [7, 11) is -0.984. The third-order valence-corrected chi connectivity index (χ3v) is 10.1. The van der Waals surface area contributed by atoms with Crippen LogP contribution < -0.4 is 20.1 Å². The van der Waals surface area contributed by atoms with Crippen molar-refractivity contribution < 1.29 is 27.5 Å². The lowest BCUT2D eigenvalue weighted by Crippen LogP contribution is -2.31. The summed E-state index contributed by atoms with van der Waals surface area (Å²) in [4.78, 5) is 38.2. The summed E-state index contributed by atoms with van der Waals surface area (Å²) in [5.41, 5.74) is 3.74. The van der Waals surface area contributed by atoms with Crippen LogP contribution in [-0.4, -0.2) is 51.4 Å². The van der Waals surface area contributed by atoms with E-state index in [1.165, 1.54) is 32.1 Å². The summed E-state index contributed by atoms with van der Waals surface area (Å²) in [6, 6.07) is 16.8. The van der Waals surface area contributed by atoms with E-state index >= 15 is 0 Å². The molecule has 5 rings (SSSR count). The lowest BCUT2D eigenvalue weighted by Gasteiger charge is -2.14. The zero-order chi connectivity index (χ0) is 32.8.